The summed E-state index contributed by atoms with van der Waals surface area (Å²) in [6, 6.07) is 9.81. The van der Waals surface area contributed by atoms with E-state index in [1.165, 1.54) is 35.6 Å². The smallest absolute Gasteiger partial charge is 0.279 e. The van der Waals surface area contributed by atoms with Crippen LogP contribution in [0.4, 0.5) is 0 Å². The number of carbonyl (C=O) groups is 1. The molecule has 3 aromatic rings. The lowest BCUT2D eigenvalue weighted by atomic mass is 10.0. The van der Waals surface area contributed by atoms with Crippen molar-refractivity contribution in [2.24, 2.45) is 4.99 Å². The molecule has 1 aliphatic heterocycles. The second-order valence-corrected chi connectivity index (χ2v) is 11.3. The molecule has 1 aliphatic rings. The standard InChI is InChI=1S/C25H31N3O5S2/c1-5-18-9-7-8-14-28(18)35(30,31)20-12-10-17(11-13-20)24(29)26-25-27(6-2)23-21(33-4)15-19(32-3)16-22(23)34-25/h10-13,15-16,18H,5-9,14H2,1-4H3. The minimum absolute atomic E-state index is 0.0260. The van der Waals surface area contributed by atoms with Gasteiger partial charge in [-0.2, -0.15) is 9.30 Å². The third kappa shape index (κ3) is 4.87. The van der Waals surface area contributed by atoms with Crippen molar-refractivity contribution in [3.05, 3.63) is 46.8 Å². The van der Waals surface area contributed by atoms with Gasteiger partial charge in [0.25, 0.3) is 5.91 Å². The van der Waals surface area contributed by atoms with Gasteiger partial charge in [0.15, 0.2) is 4.80 Å². The molecule has 1 atom stereocenters. The van der Waals surface area contributed by atoms with E-state index in [9.17, 15) is 13.2 Å². The summed E-state index contributed by atoms with van der Waals surface area (Å²) in [4.78, 5) is 18.1. The SMILES string of the molecule is CCC1CCCCN1S(=O)(=O)c1ccc(C(=O)N=c2sc3cc(OC)cc(OC)c3n2CC)cc1. The zero-order valence-corrected chi connectivity index (χ0v) is 22.1. The Hall–Kier alpha value is -2.69. The summed E-state index contributed by atoms with van der Waals surface area (Å²) in [5.74, 6) is 0.870. The van der Waals surface area contributed by atoms with E-state index in [4.69, 9.17) is 9.47 Å². The van der Waals surface area contributed by atoms with Crippen LogP contribution in [0.15, 0.2) is 46.3 Å². The Morgan fingerprint density at radius 2 is 1.86 bits per heavy atom. The Morgan fingerprint density at radius 1 is 1.11 bits per heavy atom. The van der Waals surface area contributed by atoms with Gasteiger partial charge in [-0.3, -0.25) is 4.79 Å². The molecular weight excluding hydrogens is 486 g/mol. The van der Waals surface area contributed by atoms with Crippen molar-refractivity contribution >= 4 is 37.5 Å². The minimum atomic E-state index is -3.60. The van der Waals surface area contributed by atoms with Crippen LogP contribution in [0.3, 0.4) is 0 Å². The molecule has 0 radical (unpaired) electrons. The number of rotatable bonds is 7. The largest absolute Gasteiger partial charge is 0.497 e. The van der Waals surface area contributed by atoms with Crippen molar-refractivity contribution in [2.45, 2.75) is 57.0 Å². The van der Waals surface area contributed by atoms with Gasteiger partial charge in [0.2, 0.25) is 10.0 Å². The van der Waals surface area contributed by atoms with Gasteiger partial charge in [0, 0.05) is 30.8 Å². The predicted octanol–water partition coefficient (Wildman–Crippen LogP) is 4.43. The Balaban J connectivity index is 1.67. The number of hydrogen-bond donors (Lipinski definition) is 0. The first-order valence-corrected chi connectivity index (χ1v) is 14.1. The van der Waals surface area contributed by atoms with Crippen molar-refractivity contribution in [2.75, 3.05) is 20.8 Å². The lowest BCUT2D eigenvalue weighted by Gasteiger charge is -2.34. The van der Waals surface area contributed by atoms with E-state index in [1.54, 1.807) is 24.6 Å². The Morgan fingerprint density at radius 3 is 2.49 bits per heavy atom. The van der Waals surface area contributed by atoms with Gasteiger partial charge in [-0.1, -0.05) is 24.7 Å². The fourth-order valence-corrected chi connectivity index (χ4v) is 7.46. The molecule has 0 aliphatic carbocycles. The van der Waals surface area contributed by atoms with Gasteiger partial charge in [-0.25, -0.2) is 8.42 Å². The van der Waals surface area contributed by atoms with Crippen molar-refractivity contribution in [3.8, 4) is 11.5 Å². The van der Waals surface area contributed by atoms with E-state index in [-0.39, 0.29) is 10.9 Å². The Labute approximate surface area is 209 Å². The topological polar surface area (TPSA) is 90.2 Å². The maximum atomic E-state index is 13.2. The molecule has 188 valence electrons. The van der Waals surface area contributed by atoms with Crippen molar-refractivity contribution < 1.29 is 22.7 Å². The van der Waals surface area contributed by atoms with E-state index in [1.807, 2.05) is 24.5 Å². The molecule has 10 heteroatoms. The number of aryl methyl sites for hydroxylation is 1. The third-order valence-corrected chi connectivity index (χ3v) is 9.43. The summed E-state index contributed by atoms with van der Waals surface area (Å²) in [5.41, 5.74) is 1.18. The average molecular weight is 518 g/mol. The summed E-state index contributed by atoms with van der Waals surface area (Å²) in [5, 5.41) is 0. The lowest BCUT2D eigenvalue weighted by Crippen LogP contribution is -2.43. The van der Waals surface area contributed by atoms with Crippen LogP contribution >= 0.6 is 11.3 Å². The summed E-state index contributed by atoms with van der Waals surface area (Å²) >= 11 is 1.37. The molecule has 35 heavy (non-hydrogen) atoms. The van der Waals surface area contributed by atoms with Gasteiger partial charge in [-0.15, -0.1) is 0 Å². The van der Waals surface area contributed by atoms with Crippen LogP contribution in [0.5, 0.6) is 11.5 Å². The monoisotopic (exact) mass is 517 g/mol. The number of hydrogen-bond acceptors (Lipinski definition) is 6. The van der Waals surface area contributed by atoms with Crippen molar-refractivity contribution in [3.63, 3.8) is 0 Å². The van der Waals surface area contributed by atoms with Gasteiger partial charge < -0.3 is 14.0 Å². The number of methoxy groups -OCH3 is 2. The molecule has 0 N–H and O–H groups in total. The van der Waals surface area contributed by atoms with E-state index < -0.39 is 15.9 Å². The highest BCUT2D eigenvalue weighted by Gasteiger charge is 2.32. The molecule has 2 aromatic carbocycles. The first-order chi connectivity index (χ1) is 16.8. The highest BCUT2D eigenvalue weighted by atomic mass is 32.2. The number of sulfonamides is 1. The van der Waals surface area contributed by atoms with Gasteiger partial charge in [0.05, 0.1) is 23.8 Å². The highest BCUT2D eigenvalue weighted by molar-refractivity contribution is 7.89. The van der Waals surface area contributed by atoms with E-state index in [2.05, 4.69) is 4.99 Å². The summed E-state index contributed by atoms with van der Waals surface area (Å²) in [6.07, 6.45) is 3.59. The number of fused-ring (bicyclic) bond motifs is 1. The number of nitrogens with zero attached hydrogens (tertiary/aromatic N) is 3. The molecule has 0 spiro atoms. The number of piperidine rings is 1. The number of carbonyl (C=O) groups excluding carboxylic acids is 1. The van der Waals surface area contributed by atoms with Crippen LogP contribution in [0, 0.1) is 0 Å². The molecule has 1 fully saturated rings. The first kappa shape index (κ1) is 25.4. The summed E-state index contributed by atoms with van der Waals surface area (Å²) in [6.45, 7) is 5.13. The molecule has 1 unspecified atom stereocenters. The first-order valence-electron chi connectivity index (χ1n) is 11.8. The fourth-order valence-electron chi connectivity index (χ4n) is 4.56. The van der Waals surface area contributed by atoms with Crippen LogP contribution in [0.1, 0.15) is 49.9 Å². The molecule has 8 nitrogen and oxygen atoms in total. The minimum Gasteiger partial charge on any atom is -0.497 e. The van der Waals surface area contributed by atoms with Crippen LogP contribution in [-0.4, -0.2) is 50.0 Å². The number of ether oxygens (including phenoxy) is 2. The van der Waals surface area contributed by atoms with Gasteiger partial charge in [0.1, 0.15) is 17.0 Å². The maximum Gasteiger partial charge on any atom is 0.279 e. The average Bonchev–Trinajstić information content (AvgIpc) is 3.24. The second-order valence-electron chi connectivity index (χ2n) is 8.42. The van der Waals surface area contributed by atoms with Crippen molar-refractivity contribution in [1.29, 1.82) is 0 Å². The van der Waals surface area contributed by atoms with Crippen LogP contribution < -0.4 is 14.3 Å². The quantitative estimate of drug-likeness (QED) is 0.462. The van der Waals surface area contributed by atoms with Crippen LogP contribution in [0.2, 0.25) is 0 Å². The molecule has 0 saturated carbocycles. The van der Waals surface area contributed by atoms with E-state index in [0.717, 1.165) is 35.9 Å². The third-order valence-electron chi connectivity index (χ3n) is 6.44. The van der Waals surface area contributed by atoms with Crippen LogP contribution in [-0.2, 0) is 16.6 Å². The number of aromatic nitrogens is 1. The zero-order valence-electron chi connectivity index (χ0n) is 20.5. The Bertz CT molecular complexity index is 1390. The lowest BCUT2D eigenvalue weighted by molar-refractivity contribution is 0.0997. The van der Waals surface area contributed by atoms with Gasteiger partial charge in [-0.05, 0) is 56.5 Å². The summed E-state index contributed by atoms with van der Waals surface area (Å²) in [7, 11) is -0.418. The summed E-state index contributed by atoms with van der Waals surface area (Å²) < 4.78 is 41.8. The fraction of sp³-hybridized carbons (Fsp3) is 0.440. The molecule has 2 heterocycles. The van der Waals surface area contributed by atoms with E-state index >= 15 is 0 Å². The second kappa shape index (κ2) is 10.5. The van der Waals surface area contributed by atoms with Gasteiger partial charge >= 0.3 is 0 Å². The number of thiazole rings is 1. The normalized spacial score (nSPS) is 17.6. The zero-order chi connectivity index (χ0) is 25.2. The predicted molar refractivity (Wildman–Crippen MR) is 137 cm³/mol. The molecule has 1 amide bonds. The highest BCUT2D eigenvalue weighted by Crippen LogP contribution is 2.33. The number of benzene rings is 2. The van der Waals surface area contributed by atoms with Crippen LogP contribution in [0.25, 0.3) is 10.2 Å². The van der Waals surface area contributed by atoms with Crippen molar-refractivity contribution in [1.82, 2.24) is 8.87 Å². The molecule has 1 saturated heterocycles. The molecule has 0 bridgehead atoms. The molecule has 4 rings (SSSR count). The molecular formula is C25H31N3O5S2. The Kier molecular flexibility index (Phi) is 7.63. The molecule has 1 aromatic heterocycles. The van der Waals surface area contributed by atoms with E-state index in [0.29, 0.717) is 35.0 Å². The maximum absolute atomic E-state index is 13.2. The number of amides is 1.